The average Bonchev–Trinajstić information content (AvgIpc) is 3.18. The summed E-state index contributed by atoms with van der Waals surface area (Å²) >= 11 is 0. The zero-order chi connectivity index (χ0) is 16.8. The quantitative estimate of drug-likeness (QED) is 0.854. The van der Waals surface area contributed by atoms with Crippen molar-refractivity contribution in [1.82, 2.24) is 9.88 Å². The van der Waals surface area contributed by atoms with Gasteiger partial charge in [0.2, 0.25) is 6.79 Å². The second-order valence-electron chi connectivity index (χ2n) is 6.91. The molecular weight excluding hydrogens is 316 g/mol. The lowest BCUT2D eigenvalue weighted by Gasteiger charge is -2.36. The van der Waals surface area contributed by atoms with Crippen LogP contribution in [-0.2, 0) is 13.0 Å². The van der Waals surface area contributed by atoms with E-state index in [1.165, 1.54) is 29.7 Å². The van der Waals surface area contributed by atoms with Crippen LogP contribution in [0.25, 0.3) is 0 Å². The molecule has 2 atom stereocenters. The maximum atomic E-state index is 5.89. The first-order valence-corrected chi connectivity index (χ1v) is 9.08. The molecule has 0 radical (unpaired) electrons. The van der Waals surface area contributed by atoms with E-state index >= 15 is 0 Å². The number of nitrogens with zero attached hydrogens (tertiary/aromatic N) is 2. The van der Waals surface area contributed by atoms with E-state index < -0.39 is 0 Å². The van der Waals surface area contributed by atoms with Crippen LogP contribution < -0.4 is 14.2 Å². The van der Waals surface area contributed by atoms with Gasteiger partial charge in [0.25, 0.3) is 0 Å². The van der Waals surface area contributed by atoms with Gasteiger partial charge in [0, 0.05) is 48.6 Å². The predicted molar refractivity (Wildman–Crippen MR) is 93.0 cm³/mol. The third kappa shape index (κ3) is 2.45. The zero-order valence-electron chi connectivity index (χ0n) is 14.4. The number of hydrogen-bond acceptors (Lipinski definition) is 5. The Morgan fingerprint density at radius 3 is 3.00 bits per heavy atom. The van der Waals surface area contributed by atoms with Crippen LogP contribution in [0, 0.1) is 0 Å². The molecule has 130 valence electrons. The summed E-state index contributed by atoms with van der Waals surface area (Å²) in [5.41, 5.74) is 3.85. The van der Waals surface area contributed by atoms with Crippen LogP contribution in [-0.4, -0.2) is 29.3 Å². The monoisotopic (exact) mass is 338 g/mol. The number of fused-ring (bicyclic) bond motifs is 5. The lowest BCUT2D eigenvalue weighted by Crippen LogP contribution is -2.37. The molecule has 0 N–H and O–H groups in total. The van der Waals surface area contributed by atoms with E-state index in [9.17, 15) is 0 Å². The standard InChI is InChI=1S/C20H22N2O3/c1-2-23-18-10-20-19(24-12-25-20)8-13(18)11-22-14-5-6-17(22)15-4-3-7-21-16(15)9-14/h3-4,7-8,10,14,17H,2,5-6,9,11-12H2,1H3. The summed E-state index contributed by atoms with van der Waals surface area (Å²) in [5, 5.41) is 0. The molecule has 2 unspecified atom stereocenters. The van der Waals surface area contributed by atoms with E-state index in [1.807, 2.05) is 19.2 Å². The van der Waals surface area contributed by atoms with Gasteiger partial charge in [0.15, 0.2) is 11.5 Å². The van der Waals surface area contributed by atoms with E-state index in [1.54, 1.807) is 0 Å². The number of aromatic nitrogens is 1. The smallest absolute Gasteiger partial charge is 0.231 e. The number of pyridine rings is 1. The predicted octanol–water partition coefficient (Wildman–Crippen LogP) is 3.47. The molecule has 4 heterocycles. The SMILES string of the molecule is CCOc1cc2c(cc1CN1C3CCC1c1cccnc1C3)OCO2. The van der Waals surface area contributed by atoms with Crippen molar-refractivity contribution >= 4 is 0 Å². The summed E-state index contributed by atoms with van der Waals surface area (Å²) in [6.07, 6.45) is 5.40. The first-order chi connectivity index (χ1) is 12.3. The minimum Gasteiger partial charge on any atom is -0.493 e. The molecule has 0 saturated carbocycles. The van der Waals surface area contributed by atoms with Crippen molar-refractivity contribution in [1.29, 1.82) is 0 Å². The highest BCUT2D eigenvalue weighted by atomic mass is 16.7. The Bertz CT molecular complexity index is 808. The van der Waals surface area contributed by atoms with Gasteiger partial charge >= 0.3 is 0 Å². The molecule has 25 heavy (non-hydrogen) atoms. The van der Waals surface area contributed by atoms with E-state index in [-0.39, 0.29) is 0 Å². The van der Waals surface area contributed by atoms with Crippen molar-refractivity contribution in [2.24, 2.45) is 0 Å². The van der Waals surface area contributed by atoms with E-state index in [2.05, 4.69) is 28.1 Å². The normalized spacial score (nSPS) is 23.6. The molecule has 1 saturated heterocycles. The highest BCUT2D eigenvalue weighted by Crippen LogP contribution is 2.46. The number of benzene rings is 1. The van der Waals surface area contributed by atoms with Crippen LogP contribution in [0.4, 0.5) is 0 Å². The van der Waals surface area contributed by atoms with Crippen LogP contribution in [0.15, 0.2) is 30.5 Å². The topological polar surface area (TPSA) is 43.8 Å². The number of rotatable bonds is 4. The van der Waals surface area contributed by atoms with Crippen LogP contribution in [0.5, 0.6) is 17.2 Å². The lowest BCUT2D eigenvalue weighted by atomic mass is 9.97. The summed E-state index contributed by atoms with van der Waals surface area (Å²) in [6, 6.07) is 9.38. The summed E-state index contributed by atoms with van der Waals surface area (Å²) in [4.78, 5) is 7.22. The average molecular weight is 338 g/mol. The first-order valence-electron chi connectivity index (χ1n) is 9.08. The third-order valence-electron chi connectivity index (χ3n) is 5.56. The molecule has 5 rings (SSSR count). The van der Waals surface area contributed by atoms with Crippen LogP contribution in [0.1, 0.15) is 42.6 Å². The molecule has 3 aliphatic rings. The molecule has 2 bridgehead atoms. The van der Waals surface area contributed by atoms with Crippen LogP contribution >= 0.6 is 0 Å². The highest BCUT2D eigenvalue weighted by molar-refractivity contribution is 5.52. The maximum absolute atomic E-state index is 5.89. The van der Waals surface area contributed by atoms with Gasteiger partial charge in [-0.25, -0.2) is 0 Å². The van der Waals surface area contributed by atoms with Gasteiger partial charge in [0.1, 0.15) is 5.75 Å². The fraction of sp³-hybridized carbons (Fsp3) is 0.450. The molecule has 2 aromatic rings. The van der Waals surface area contributed by atoms with E-state index in [0.29, 0.717) is 25.5 Å². The van der Waals surface area contributed by atoms with Gasteiger partial charge in [0.05, 0.1) is 6.61 Å². The molecule has 1 fully saturated rings. The van der Waals surface area contributed by atoms with Gasteiger partial charge in [-0.05, 0) is 37.5 Å². The van der Waals surface area contributed by atoms with Crippen molar-refractivity contribution in [3.8, 4) is 17.2 Å². The van der Waals surface area contributed by atoms with Crippen LogP contribution in [0.3, 0.4) is 0 Å². The second-order valence-corrected chi connectivity index (χ2v) is 6.91. The molecule has 1 aromatic carbocycles. The lowest BCUT2D eigenvalue weighted by molar-refractivity contribution is 0.163. The summed E-state index contributed by atoms with van der Waals surface area (Å²) in [6.45, 7) is 3.82. The van der Waals surface area contributed by atoms with Gasteiger partial charge < -0.3 is 14.2 Å². The molecule has 0 amide bonds. The van der Waals surface area contributed by atoms with Gasteiger partial charge in [-0.1, -0.05) is 6.07 Å². The Hall–Kier alpha value is -2.27. The summed E-state index contributed by atoms with van der Waals surface area (Å²) in [7, 11) is 0. The fourth-order valence-corrected chi connectivity index (χ4v) is 4.45. The van der Waals surface area contributed by atoms with E-state index in [0.717, 1.165) is 30.2 Å². The van der Waals surface area contributed by atoms with Gasteiger partial charge in [-0.15, -0.1) is 0 Å². The minimum absolute atomic E-state index is 0.290. The van der Waals surface area contributed by atoms with Crippen molar-refractivity contribution in [3.05, 3.63) is 47.3 Å². The maximum Gasteiger partial charge on any atom is 0.231 e. The summed E-state index contributed by atoms with van der Waals surface area (Å²) < 4.78 is 17.0. The molecule has 0 aliphatic carbocycles. The first kappa shape index (κ1) is 15.0. The Balaban J connectivity index is 1.48. The van der Waals surface area contributed by atoms with Gasteiger partial charge in [-0.2, -0.15) is 0 Å². The third-order valence-corrected chi connectivity index (χ3v) is 5.56. The highest BCUT2D eigenvalue weighted by Gasteiger charge is 2.40. The molecule has 1 aromatic heterocycles. The molecule has 5 heteroatoms. The van der Waals surface area contributed by atoms with Crippen LogP contribution in [0.2, 0.25) is 0 Å². The van der Waals surface area contributed by atoms with Crippen molar-refractivity contribution in [2.75, 3.05) is 13.4 Å². The second kappa shape index (κ2) is 5.92. The van der Waals surface area contributed by atoms with Crippen molar-refractivity contribution in [3.63, 3.8) is 0 Å². The number of ether oxygens (including phenoxy) is 3. The summed E-state index contributed by atoms with van der Waals surface area (Å²) in [5.74, 6) is 2.51. The minimum atomic E-state index is 0.290. The fourth-order valence-electron chi connectivity index (χ4n) is 4.45. The van der Waals surface area contributed by atoms with Gasteiger partial charge in [-0.3, -0.25) is 9.88 Å². The molecular formula is C20H22N2O3. The Kier molecular flexibility index (Phi) is 3.55. The van der Waals surface area contributed by atoms with Crippen molar-refractivity contribution < 1.29 is 14.2 Å². The Morgan fingerprint density at radius 1 is 1.24 bits per heavy atom. The number of hydrogen-bond donors (Lipinski definition) is 0. The molecule has 3 aliphatic heterocycles. The van der Waals surface area contributed by atoms with E-state index in [4.69, 9.17) is 14.2 Å². The Morgan fingerprint density at radius 2 is 2.12 bits per heavy atom. The Labute approximate surface area is 147 Å². The largest absolute Gasteiger partial charge is 0.493 e. The van der Waals surface area contributed by atoms with Crippen molar-refractivity contribution in [2.45, 2.75) is 44.8 Å². The molecule has 0 spiro atoms. The zero-order valence-corrected chi connectivity index (χ0v) is 14.4. The molecule has 5 nitrogen and oxygen atoms in total.